The van der Waals surface area contributed by atoms with Gasteiger partial charge in [-0.3, -0.25) is 4.79 Å². The van der Waals surface area contributed by atoms with Crippen LogP contribution in [-0.4, -0.2) is 27.4 Å². The van der Waals surface area contributed by atoms with E-state index in [4.69, 9.17) is 0 Å². The van der Waals surface area contributed by atoms with Crippen molar-refractivity contribution < 1.29 is 4.79 Å². The molecule has 5 heteroatoms. The Morgan fingerprint density at radius 2 is 1.84 bits per heavy atom. The predicted molar refractivity (Wildman–Crippen MR) is 70.6 cm³/mol. The van der Waals surface area contributed by atoms with Crippen LogP contribution in [0.4, 0.5) is 0 Å². The number of aromatic amines is 1. The number of benzene rings is 1. The summed E-state index contributed by atoms with van der Waals surface area (Å²) >= 11 is 0. The second-order valence-electron chi connectivity index (χ2n) is 5.70. The topological polar surface area (TPSA) is 70.7 Å². The summed E-state index contributed by atoms with van der Waals surface area (Å²) < 4.78 is 0. The van der Waals surface area contributed by atoms with E-state index in [1.54, 1.807) is 6.07 Å². The second-order valence-corrected chi connectivity index (χ2v) is 5.70. The summed E-state index contributed by atoms with van der Waals surface area (Å²) in [6, 6.07) is 5.83. The Hall–Kier alpha value is -1.91. The van der Waals surface area contributed by atoms with Crippen molar-refractivity contribution in [2.45, 2.75) is 31.7 Å². The lowest BCUT2D eigenvalue weighted by Gasteiger charge is -2.17. The third-order valence-electron chi connectivity index (χ3n) is 4.14. The number of carbonyl (C=O) groups excluding carboxylic acids is 1. The van der Waals surface area contributed by atoms with Gasteiger partial charge in [-0.2, -0.15) is 15.4 Å². The zero-order valence-corrected chi connectivity index (χ0v) is 10.6. The molecule has 1 aromatic heterocycles. The van der Waals surface area contributed by atoms with Gasteiger partial charge in [-0.25, -0.2) is 0 Å². The summed E-state index contributed by atoms with van der Waals surface area (Å²) in [7, 11) is 0. The zero-order chi connectivity index (χ0) is 12.8. The minimum Gasteiger partial charge on any atom is -0.349 e. The van der Waals surface area contributed by atoms with Gasteiger partial charge in [0.1, 0.15) is 11.0 Å². The Morgan fingerprint density at radius 3 is 2.53 bits per heavy atom. The molecule has 5 nitrogen and oxygen atoms in total. The van der Waals surface area contributed by atoms with Crippen molar-refractivity contribution in [3.63, 3.8) is 0 Å². The Labute approximate surface area is 110 Å². The molecule has 2 aliphatic rings. The molecule has 0 atom stereocenters. The monoisotopic (exact) mass is 256 g/mol. The van der Waals surface area contributed by atoms with E-state index in [0.29, 0.717) is 23.4 Å². The molecule has 1 aromatic carbocycles. The standard InChI is InChI=1S/C14H16N4O/c19-14(15-13(8-1-2-8)9-3-4-9)10-5-6-11-12(7-10)17-18-16-11/h5-9,13H,1-4H2,(H,15,19)(H,16,17,18). The van der Waals surface area contributed by atoms with E-state index in [1.807, 2.05) is 12.1 Å². The molecule has 0 spiro atoms. The van der Waals surface area contributed by atoms with Gasteiger partial charge in [-0.15, -0.1) is 0 Å². The van der Waals surface area contributed by atoms with Crippen molar-refractivity contribution >= 4 is 16.9 Å². The van der Waals surface area contributed by atoms with Crippen molar-refractivity contribution in [1.82, 2.24) is 20.7 Å². The van der Waals surface area contributed by atoms with Gasteiger partial charge in [0.05, 0.1) is 0 Å². The number of hydrogen-bond donors (Lipinski definition) is 2. The summed E-state index contributed by atoms with van der Waals surface area (Å²) in [5.74, 6) is 1.45. The lowest BCUT2D eigenvalue weighted by atomic mass is 10.1. The lowest BCUT2D eigenvalue weighted by molar-refractivity contribution is 0.0926. The molecule has 2 N–H and O–H groups in total. The van der Waals surface area contributed by atoms with Crippen LogP contribution in [0.15, 0.2) is 18.2 Å². The number of aromatic nitrogens is 3. The molecule has 0 radical (unpaired) electrons. The van der Waals surface area contributed by atoms with Gasteiger partial charge in [-0.05, 0) is 55.7 Å². The van der Waals surface area contributed by atoms with Gasteiger partial charge in [0, 0.05) is 11.6 Å². The summed E-state index contributed by atoms with van der Waals surface area (Å²) in [5, 5.41) is 13.8. The Morgan fingerprint density at radius 1 is 1.16 bits per heavy atom. The summed E-state index contributed by atoms with van der Waals surface area (Å²) in [5.41, 5.74) is 2.20. The van der Waals surface area contributed by atoms with E-state index in [-0.39, 0.29) is 5.91 Å². The number of amides is 1. The number of hydrogen-bond acceptors (Lipinski definition) is 3. The van der Waals surface area contributed by atoms with Gasteiger partial charge in [0.15, 0.2) is 0 Å². The fraction of sp³-hybridized carbons (Fsp3) is 0.500. The van der Waals surface area contributed by atoms with Crippen LogP contribution in [0.25, 0.3) is 11.0 Å². The molecule has 2 saturated carbocycles. The van der Waals surface area contributed by atoms with Gasteiger partial charge < -0.3 is 5.32 Å². The maximum absolute atomic E-state index is 12.3. The number of H-pyrrole nitrogens is 1. The van der Waals surface area contributed by atoms with Gasteiger partial charge in [0.2, 0.25) is 0 Å². The average molecular weight is 256 g/mol. The van der Waals surface area contributed by atoms with Crippen molar-refractivity contribution in [2.24, 2.45) is 11.8 Å². The Kier molecular flexibility index (Phi) is 2.33. The van der Waals surface area contributed by atoms with Crippen molar-refractivity contribution in [3.8, 4) is 0 Å². The molecule has 4 rings (SSSR count). The summed E-state index contributed by atoms with van der Waals surface area (Å²) in [6.07, 6.45) is 5.07. The number of nitrogens with zero attached hydrogens (tertiary/aromatic N) is 2. The molecule has 1 heterocycles. The highest BCUT2D eigenvalue weighted by Crippen LogP contribution is 2.44. The SMILES string of the molecule is O=C(NC(C1CC1)C1CC1)c1ccc2n[nH]nc2c1. The first-order valence-electron chi connectivity index (χ1n) is 6.92. The van der Waals surface area contributed by atoms with Crippen molar-refractivity contribution in [1.29, 1.82) is 0 Å². The van der Waals surface area contributed by atoms with Crippen LogP contribution in [-0.2, 0) is 0 Å². The van der Waals surface area contributed by atoms with Crippen molar-refractivity contribution in [3.05, 3.63) is 23.8 Å². The van der Waals surface area contributed by atoms with Gasteiger partial charge in [-0.1, -0.05) is 0 Å². The highest BCUT2D eigenvalue weighted by molar-refractivity contribution is 5.97. The van der Waals surface area contributed by atoms with Crippen LogP contribution in [0.3, 0.4) is 0 Å². The number of carbonyl (C=O) groups is 1. The molecule has 0 aliphatic heterocycles. The van der Waals surface area contributed by atoms with Crippen LogP contribution in [0.2, 0.25) is 0 Å². The lowest BCUT2D eigenvalue weighted by Crippen LogP contribution is -2.38. The molecule has 2 aromatic rings. The summed E-state index contributed by atoms with van der Waals surface area (Å²) in [4.78, 5) is 12.3. The van der Waals surface area contributed by atoms with Crippen molar-refractivity contribution in [2.75, 3.05) is 0 Å². The molecule has 0 saturated heterocycles. The summed E-state index contributed by atoms with van der Waals surface area (Å²) in [6.45, 7) is 0. The van der Waals surface area contributed by atoms with E-state index in [0.717, 1.165) is 11.0 Å². The van der Waals surface area contributed by atoms with Crippen LogP contribution in [0.1, 0.15) is 36.0 Å². The minimum atomic E-state index is 0.0219. The van der Waals surface area contributed by atoms with Crippen LogP contribution in [0, 0.1) is 11.8 Å². The third kappa shape index (κ3) is 2.09. The smallest absolute Gasteiger partial charge is 0.251 e. The first kappa shape index (κ1) is 11.0. The Bertz CT molecular complexity index is 615. The van der Waals surface area contributed by atoms with Gasteiger partial charge >= 0.3 is 0 Å². The largest absolute Gasteiger partial charge is 0.349 e. The normalized spacial score (nSPS) is 19.0. The van der Waals surface area contributed by atoms with E-state index >= 15 is 0 Å². The molecular weight excluding hydrogens is 240 g/mol. The number of fused-ring (bicyclic) bond motifs is 1. The molecule has 1 amide bonds. The average Bonchev–Trinajstić information content (AvgIpc) is 3.33. The fourth-order valence-corrected chi connectivity index (χ4v) is 2.75. The zero-order valence-electron chi connectivity index (χ0n) is 10.6. The molecule has 2 fully saturated rings. The molecule has 19 heavy (non-hydrogen) atoms. The van der Waals surface area contributed by atoms with E-state index in [9.17, 15) is 4.79 Å². The fourth-order valence-electron chi connectivity index (χ4n) is 2.75. The van der Waals surface area contributed by atoms with E-state index < -0.39 is 0 Å². The quantitative estimate of drug-likeness (QED) is 0.877. The first-order chi connectivity index (χ1) is 9.31. The maximum Gasteiger partial charge on any atom is 0.251 e. The van der Waals surface area contributed by atoms with Crippen LogP contribution in [0.5, 0.6) is 0 Å². The first-order valence-corrected chi connectivity index (χ1v) is 6.92. The van der Waals surface area contributed by atoms with Crippen LogP contribution >= 0.6 is 0 Å². The number of nitrogens with one attached hydrogen (secondary N) is 2. The number of rotatable bonds is 4. The maximum atomic E-state index is 12.3. The molecule has 2 aliphatic carbocycles. The second kappa shape index (κ2) is 4.05. The van der Waals surface area contributed by atoms with Gasteiger partial charge in [0.25, 0.3) is 5.91 Å². The highest BCUT2D eigenvalue weighted by atomic mass is 16.1. The molecule has 0 bridgehead atoms. The Balaban J connectivity index is 1.55. The van der Waals surface area contributed by atoms with E-state index in [2.05, 4.69) is 20.7 Å². The molecular formula is C14H16N4O. The highest BCUT2D eigenvalue weighted by Gasteiger charge is 2.42. The predicted octanol–water partition coefficient (Wildman–Crippen LogP) is 1.88. The minimum absolute atomic E-state index is 0.0219. The van der Waals surface area contributed by atoms with E-state index in [1.165, 1.54) is 25.7 Å². The molecule has 0 unspecified atom stereocenters. The molecule has 98 valence electrons. The van der Waals surface area contributed by atoms with Crippen LogP contribution < -0.4 is 5.32 Å². The third-order valence-corrected chi connectivity index (χ3v) is 4.14.